The highest BCUT2D eigenvalue weighted by atomic mass is 16.5. The average Bonchev–Trinajstić information content (AvgIpc) is 3.67. The van der Waals surface area contributed by atoms with Crippen LogP contribution >= 0.6 is 0 Å². The molecule has 1 heterocycles. The molecule has 0 aliphatic heterocycles. The Morgan fingerprint density at radius 2 is 0.725 bits per heavy atom. The van der Waals surface area contributed by atoms with Crippen LogP contribution in [0.3, 0.4) is 0 Å². The Morgan fingerprint density at radius 1 is 0.412 bits per heavy atom. The van der Waals surface area contributed by atoms with Crippen LogP contribution in [0.1, 0.15) is 113 Å². The molecule has 0 saturated heterocycles. The monoisotopic (exact) mass is 682 g/mol. The summed E-state index contributed by atoms with van der Waals surface area (Å²) in [6, 6.07) is 32.9. The van der Waals surface area contributed by atoms with Crippen LogP contribution in [0.5, 0.6) is 11.5 Å². The van der Waals surface area contributed by atoms with Crippen molar-refractivity contribution in [1.29, 1.82) is 0 Å². The summed E-state index contributed by atoms with van der Waals surface area (Å²) in [5, 5.41) is 8.62. The number of hydrogen-bond donors (Lipinski definition) is 0. The minimum Gasteiger partial charge on any atom is -0.494 e. The fourth-order valence-electron chi connectivity index (χ4n) is 5.81. The molecule has 5 rings (SSSR count). The maximum Gasteiger partial charge on any atom is 0.248 e. The van der Waals surface area contributed by atoms with Crippen molar-refractivity contribution in [1.82, 2.24) is 10.2 Å². The molecule has 0 saturated carbocycles. The second-order valence-corrected chi connectivity index (χ2v) is 13.2. The van der Waals surface area contributed by atoms with Gasteiger partial charge in [-0.15, -0.1) is 10.2 Å². The fourth-order valence-corrected chi connectivity index (χ4v) is 5.81. The fraction of sp³-hybridized carbons (Fsp3) is 0.348. The van der Waals surface area contributed by atoms with Gasteiger partial charge in [-0.2, -0.15) is 0 Å². The van der Waals surface area contributed by atoms with Crippen LogP contribution in [0, 0.1) is 0 Å². The molecule has 0 aliphatic carbocycles. The number of nitrogens with zero attached hydrogens (tertiary/aromatic N) is 2. The van der Waals surface area contributed by atoms with Crippen LogP contribution < -0.4 is 9.47 Å². The predicted octanol–water partition coefficient (Wildman–Crippen LogP) is 13.2. The van der Waals surface area contributed by atoms with Gasteiger partial charge in [-0.1, -0.05) is 151 Å². The van der Waals surface area contributed by atoms with Crippen LogP contribution in [0.4, 0.5) is 0 Å². The Labute approximate surface area is 305 Å². The minimum atomic E-state index is 0.500. The highest BCUT2D eigenvalue weighted by molar-refractivity contribution is 5.72. The first-order valence-corrected chi connectivity index (χ1v) is 19.1. The SMILES string of the molecule is CCCCCCCCOc1ccc(/C=C/c2ccc(-c3nnc(-c4ccc(/C=C/c5ccc(OCCCCCCCC)cc5)cc4)o3)cc2)cc1. The summed E-state index contributed by atoms with van der Waals surface area (Å²) in [7, 11) is 0. The Morgan fingerprint density at radius 3 is 1.08 bits per heavy atom. The van der Waals surface area contributed by atoms with Crippen LogP contribution in [0.2, 0.25) is 0 Å². The van der Waals surface area contributed by atoms with Crippen LogP contribution in [-0.4, -0.2) is 23.4 Å². The summed E-state index contributed by atoms with van der Waals surface area (Å²) in [5.74, 6) is 2.86. The molecule has 266 valence electrons. The molecule has 1 aromatic heterocycles. The summed E-state index contributed by atoms with van der Waals surface area (Å²) in [5.41, 5.74) is 6.23. The molecule has 0 bridgehead atoms. The molecule has 5 aromatic rings. The van der Waals surface area contributed by atoms with E-state index in [1.807, 2.05) is 48.5 Å². The smallest absolute Gasteiger partial charge is 0.248 e. The van der Waals surface area contributed by atoms with Gasteiger partial charge in [-0.05, 0) is 83.6 Å². The van der Waals surface area contributed by atoms with Crippen molar-refractivity contribution in [2.24, 2.45) is 0 Å². The van der Waals surface area contributed by atoms with Gasteiger partial charge in [-0.3, -0.25) is 0 Å². The van der Waals surface area contributed by atoms with E-state index < -0.39 is 0 Å². The van der Waals surface area contributed by atoms with E-state index in [4.69, 9.17) is 13.9 Å². The first-order chi connectivity index (χ1) is 25.2. The van der Waals surface area contributed by atoms with Crippen LogP contribution in [0.15, 0.2) is 101 Å². The van der Waals surface area contributed by atoms with Crippen molar-refractivity contribution in [3.8, 4) is 34.4 Å². The zero-order valence-electron chi connectivity index (χ0n) is 30.6. The average molecular weight is 683 g/mol. The van der Waals surface area contributed by atoms with E-state index in [9.17, 15) is 0 Å². The summed E-state index contributed by atoms with van der Waals surface area (Å²) < 4.78 is 17.9. The van der Waals surface area contributed by atoms with E-state index in [-0.39, 0.29) is 0 Å². The lowest BCUT2D eigenvalue weighted by molar-refractivity contribution is 0.304. The number of hydrogen-bond acceptors (Lipinski definition) is 5. The van der Waals surface area contributed by atoms with Gasteiger partial charge in [0.1, 0.15) is 11.5 Å². The van der Waals surface area contributed by atoms with Crippen molar-refractivity contribution in [2.75, 3.05) is 13.2 Å². The molecule has 0 aliphatic rings. The Bertz CT molecular complexity index is 1610. The highest BCUT2D eigenvalue weighted by Gasteiger charge is 2.10. The molecule has 0 unspecified atom stereocenters. The third-order valence-electron chi connectivity index (χ3n) is 8.97. The van der Waals surface area contributed by atoms with Crippen LogP contribution in [-0.2, 0) is 0 Å². The third kappa shape index (κ3) is 13.1. The van der Waals surface area contributed by atoms with Crippen molar-refractivity contribution < 1.29 is 13.9 Å². The normalized spacial score (nSPS) is 11.5. The molecule has 0 spiro atoms. The lowest BCUT2D eigenvalue weighted by Crippen LogP contribution is -1.97. The van der Waals surface area contributed by atoms with Crippen molar-refractivity contribution in [2.45, 2.75) is 90.9 Å². The van der Waals surface area contributed by atoms with Gasteiger partial charge in [0.05, 0.1) is 13.2 Å². The highest BCUT2D eigenvalue weighted by Crippen LogP contribution is 2.26. The molecule has 0 amide bonds. The molecule has 4 aromatic carbocycles. The van der Waals surface area contributed by atoms with Gasteiger partial charge in [-0.25, -0.2) is 0 Å². The maximum absolute atomic E-state index is 6.05. The molecular weight excluding hydrogens is 629 g/mol. The van der Waals surface area contributed by atoms with Gasteiger partial charge < -0.3 is 13.9 Å². The Balaban J connectivity index is 1.05. The van der Waals surface area contributed by atoms with E-state index in [0.717, 1.165) is 70.9 Å². The van der Waals surface area contributed by atoms with Gasteiger partial charge in [0.15, 0.2) is 0 Å². The first kappa shape index (κ1) is 37.4. The molecule has 0 radical (unpaired) electrons. The van der Waals surface area contributed by atoms with E-state index in [1.54, 1.807) is 0 Å². The lowest BCUT2D eigenvalue weighted by atomic mass is 10.1. The number of rotatable bonds is 22. The molecule has 5 heteroatoms. The zero-order valence-corrected chi connectivity index (χ0v) is 30.6. The largest absolute Gasteiger partial charge is 0.494 e. The minimum absolute atomic E-state index is 0.500. The van der Waals surface area contributed by atoms with E-state index >= 15 is 0 Å². The molecular formula is C46H54N2O3. The van der Waals surface area contributed by atoms with Crippen molar-refractivity contribution >= 4 is 24.3 Å². The van der Waals surface area contributed by atoms with E-state index in [2.05, 4.69) is 96.9 Å². The van der Waals surface area contributed by atoms with Gasteiger partial charge >= 0.3 is 0 Å². The summed E-state index contributed by atoms with van der Waals surface area (Å²) in [6.07, 6.45) is 23.7. The zero-order chi connectivity index (χ0) is 35.4. The van der Waals surface area contributed by atoms with Gasteiger partial charge in [0.2, 0.25) is 11.8 Å². The second kappa shape index (κ2) is 21.3. The lowest BCUT2D eigenvalue weighted by Gasteiger charge is -2.06. The first-order valence-electron chi connectivity index (χ1n) is 19.1. The van der Waals surface area contributed by atoms with E-state index in [0.29, 0.717) is 11.8 Å². The predicted molar refractivity (Wildman–Crippen MR) is 214 cm³/mol. The summed E-state index contributed by atoms with van der Waals surface area (Å²) in [4.78, 5) is 0. The molecule has 0 fully saturated rings. The number of ether oxygens (including phenoxy) is 2. The van der Waals surface area contributed by atoms with Gasteiger partial charge in [0.25, 0.3) is 0 Å². The third-order valence-corrected chi connectivity index (χ3v) is 8.97. The molecule has 0 N–H and O–H groups in total. The number of aromatic nitrogens is 2. The van der Waals surface area contributed by atoms with Crippen LogP contribution in [0.25, 0.3) is 47.2 Å². The van der Waals surface area contributed by atoms with Crippen molar-refractivity contribution in [3.05, 3.63) is 119 Å². The quantitative estimate of drug-likeness (QED) is 0.0537. The standard InChI is InChI=1S/C46H54N2O3/c1-3-5-7-9-11-13-35-49-43-31-23-39(24-32-43)17-15-37-19-27-41(28-20-37)45-47-48-46(51-45)42-29-21-38(22-30-42)16-18-40-25-33-44(34-26-40)50-36-14-12-10-8-6-4-2/h15-34H,3-14,35-36H2,1-2H3/b17-15+,18-16+. The molecule has 5 nitrogen and oxygen atoms in total. The number of benzene rings is 4. The Hall–Kier alpha value is -4.90. The topological polar surface area (TPSA) is 57.4 Å². The second-order valence-electron chi connectivity index (χ2n) is 13.2. The molecule has 0 atom stereocenters. The molecule has 51 heavy (non-hydrogen) atoms. The van der Waals surface area contributed by atoms with E-state index in [1.165, 1.54) is 64.2 Å². The maximum atomic E-state index is 6.05. The summed E-state index contributed by atoms with van der Waals surface area (Å²) in [6.45, 7) is 6.07. The van der Waals surface area contributed by atoms with Crippen molar-refractivity contribution in [3.63, 3.8) is 0 Å². The number of unbranched alkanes of at least 4 members (excludes halogenated alkanes) is 10. The Kier molecular flexibility index (Phi) is 15.6. The van der Waals surface area contributed by atoms with Gasteiger partial charge in [0, 0.05) is 11.1 Å². The summed E-state index contributed by atoms with van der Waals surface area (Å²) >= 11 is 0.